The summed E-state index contributed by atoms with van der Waals surface area (Å²) >= 11 is 0. The van der Waals surface area contributed by atoms with E-state index in [0.29, 0.717) is 0 Å². The molecule has 0 aliphatic heterocycles. The minimum Gasteiger partial charge on any atom is -0.294 e. The zero-order chi connectivity index (χ0) is 8.43. The molecule has 0 radical (unpaired) electrons. The van der Waals surface area contributed by atoms with Crippen molar-refractivity contribution in [3.05, 3.63) is 34.9 Å². The maximum atomic E-state index is 11.0. The Morgan fingerprint density at radius 3 is 2.27 bits per heavy atom. The van der Waals surface area contributed by atoms with E-state index in [1.54, 1.807) is 6.92 Å². The largest absolute Gasteiger partial charge is 0.294 e. The molecule has 0 fully saturated rings. The highest BCUT2D eigenvalue weighted by molar-refractivity contribution is 6.00. The van der Waals surface area contributed by atoms with Gasteiger partial charge in [-0.15, -0.1) is 0 Å². The molecule has 0 spiro atoms. The molecule has 0 heterocycles. The summed E-state index contributed by atoms with van der Waals surface area (Å²) in [5.41, 5.74) is 3.11. The Morgan fingerprint density at radius 1 is 1.27 bits per heavy atom. The van der Waals surface area contributed by atoms with Gasteiger partial charge in [0.15, 0.2) is 5.78 Å². The molecule has 58 valence electrons. The van der Waals surface area contributed by atoms with Gasteiger partial charge in [0, 0.05) is 5.57 Å². The van der Waals surface area contributed by atoms with Gasteiger partial charge in [-0.3, -0.25) is 4.79 Å². The lowest BCUT2D eigenvalue weighted by Crippen LogP contribution is -1.97. The third kappa shape index (κ3) is 1.48. The second-order valence-corrected chi connectivity index (χ2v) is 2.91. The lowest BCUT2D eigenvalue weighted by atomic mass is 10.0. The molecule has 1 heteroatoms. The van der Waals surface area contributed by atoms with Gasteiger partial charge in [-0.2, -0.15) is 0 Å². The monoisotopic (exact) mass is 148 g/mol. The highest BCUT2D eigenvalue weighted by atomic mass is 16.1. The second kappa shape index (κ2) is 2.87. The predicted molar refractivity (Wildman–Crippen MR) is 46.3 cm³/mol. The van der Waals surface area contributed by atoms with Crippen LogP contribution in [-0.4, -0.2) is 5.78 Å². The Hall–Kier alpha value is -1.11. The number of hydrogen-bond acceptors (Lipinski definition) is 1. The molecule has 0 saturated heterocycles. The molecule has 1 aliphatic rings. The molecule has 0 bridgehead atoms. The van der Waals surface area contributed by atoms with Gasteiger partial charge >= 0.3 is 0 Å². The second-order valence-electron chi connectivity index (χ2n) is 2.91. The van der Waals surface area contributed by atoms with Crippen LogP contribution in [-0.2, 0) is 4.79 Å². The average molecular weight is 148 g/mol. The van der Waals surface area contributed by atoms with E-state index < -0.39 is 0 Å². The summed E-state index contributed by atoms with van der Waals surface area (Å²) in [5, 5.41) is 0. The van der Waals surface area contributed by atoms with E-state index in [9.17, 15) is 4.79 Å². The van der Waals surface area contributed by atoms with Gasteiger partial charge in [-0.05, 0) is 26.3 Å². The van der Waals surface area contributed by atoms with Crippen molar-refractivity contribution < 1.29 is 4.79 Å². The summed E-state index contributed by atoms with van der Waals surface area (Å²) in [5.74, 6) is 0.145. The summed E-state index contributed by atoms with van der Waals surface area (Å²) in [4.78, 5) is 11.0. The first-order valence-electron chi connectivity index (χ1n) is 3.70. The summed E-state index contributed by atoms with van der Waals surface area (Å²) in [6, 6.07) is 0. The van der Waals surface area contributed by atoms with Crippen molar-refractivity contribution in [1.82, 2.24) is 0 Å². The molecule has 0 saturated carbocycles. The van der Waals surface area contributed by atoms with Gasteiger partial charge in [0.2, 0.25) is 0 Å². The van der Waals surface area contributed by atoms with Gasteiger partial charge in [0.25, 0.3) is 0 Å². The summed E-state index contributed by atoms with van der Waals surface area (Å²) in [7, 11) is 0. The van der Waals surface area contributed by atoms with E-state index in [4.69, 9.17) is 0 Å². The van der Waals surface area contributed by atoms with E-state index in [2.05, 4.69) is 0 Å². The number of rotatable bonds is 1. The van der Waals surface area contributed by atoms with Crippen LogP contribution in [0.25, 0.3) is 0 Å². The maximum Gasteiger partial charge on any atom is 0.160 e. The smallest absolute Gasteiger partial charge is 0.160 e. The topological polar surface area (TPSA) is 17.1 Å². The quantitative estimate of drug-likeness (QED) is 0.558. The van der Waals surface area contributed by atoms with Crippen LogP contribution in [0.2, 0.25) is 0 Å². The number of carbonyl (C=O) groups excluding carboxylic acids is 1. The van der Waals surface area contributed by atoms with Crippen molar-refractivity contribution in [1.29, 1.82) is 0 Å². The van der Waals surface area contributed by atoms with E-state index >= 15 is 0 Å². The normalized spacial score (nSPS) is 15.2. The van der Waals surface area contributed by atoms with Crippen molar-refractivity contribution in [2.75, 3.05) is 0 Å². The minimum absolute atomic E-state index is 0.145. The molecule has 1 aliphatic carbocycles. The third-order valence-corrected chi connectivity index (χ3v) is 1.73. The molecule has 0 atom stereocenters. The first-order chi connectivity index (χ1) is 5.13. The van der Waals surface area contributed by atoms with Crippen LogP contribution in [0.15, 0.2) is 34.9 Å². The Labute approximate surface area is 67.1 Å². The zero-order valence-electron chi connectivity index (χ0n) is 7.14. The Kier molecular flexibility index (Phi) is 2.08. The Morgan fingerprint density at radius 2 is 1.91 bits per heavy atom. The summed E-state index contributed by atoms with van der Waals surface area (Å²) < 4.78 is 0. The van der Waals surface area contributed by atoms with Crippen LogP contribution in [0.3, 0.4) is 0 Å². The number of carbonyl (C=O) groups is 1. The van der Waals surface area contributed by atoms with Gasteiger partial charge in [-0.1, -0.05) is 23.8 Å². The maximum absolute atomic E-state index is 11.0. The molecule has 0 aromatic carbocycles. The fourth-order valence-corrected chi connectivity index (χ4v) is 1.16. The van der Waals surface area contributed by atoms with E-state index in [1.807, 2.05) is 32.1 Å². The fourth-order valence-electron chi connectivity index (χ4n) is 1.16. The molecule has 0 unspecified atom stereocenters. The van der Waals surface area contributed by atoms with Crippen LogP contribution < -0.4 is 0 Å². The lowest BCUT2D eigenvalue weighted by Gasteiger charge is -2.01. The molecular weight excluding hydrogens is 136 g/mol. The van der Waals surface area contributed by atoms with Gasteiger partial charge in [-0.25, -0.2) is 0 Å². The molecule has 0 amide bonds. The van der Waals surface area contributed by atoms with Gasteiger partial charge < -0.3 is 0 Å². The van der Waals surface area contributed by atoms with Crippen molar-refractivity contribution >= 4 is 5.78 Å². The highest BCUT2D eigenvalue weighted by Gasteiger charge is 2.11. The zero-order valence-corrected chi connectivity index (χ0v) is 7.14. The highest BCUT2D eigenvalue weighted by Crippen LogP contribution is 2.22. The summed E-state index contributed by atoms with van der Waals surface area (Å²) in [6.07, 6.45) is 5.76. The number of ketones is 1. The van der Waals surface area contributed by atoms with E-state index in [-0.39, 0.29) is 5.78 Å². The standard InChI is InChI=1S/C10H12O/c1-7(2)9-5-4-6-10(9)8(3)11/h4-6H,1-3H3. The fraction of sp³-hybridized carbons (Fsp3) is 0.300. The van der Waals surface area contributed by atoms with Crippen molar-refractivity contribution in [2.45, 2.75) is 20.8 Å². The van der Waals surface area contributed by atoms with Crippen LogP contribution in [0.1, 0.15) is 20.8 Å². The molecule has 11 heavy (non-hydrogen) atoms. The lowest BCUT2D eigenvalue weighted by molar-refractivity contribution is -0.113. The molecular formula is C10H12O. The predicted octanol–water partition coefficient (Wildman–Crippen LogP) is 2.41. The average Bonchev–Trinajstić information content (AvgIpc) is 2.32. The van der Waals surface area contributed by atoms with E-state index in [1.165, 1.54) is 5.57 Å². The van der Waals surface area contributed by atoms with Crippen LogP contribution in [0, 0.1) is 0 Å². The van der Waals surface area contributed by atoms with Crippen molar-refractivity contribution in [3.63, 3.8) is 0 Å². The SMILES string of the molecule is CC(=O)C1=CC=CC1=C(C)C. The molecule has 1 nitrogen and oxygen atoms in total. The number of Topliss-reactive ketones (excluding diaryl/α,β-unsaturated/α-hetero) is 1. The first-order valence-corrected chi connectivity index (χ1v) is 3.70. The minimum atomic E-state index is 0.145. The molecule has 0 aromatic heterocycles. The number of hydrogen-bond donors (Lipinski definition) is 0. The van der Waals surface area contributed by atoms with Crippen LogP contribution >= 0.6 is 0 Å². The van der Waals surface area contributed by atoms with E-state index in [0.717, 1.165) is 11.1 Å². The van der Waals surface area contributed by atoms with Crippen LogP contribution in [0.4, 0.5) is 0 Å². The van der Waals surface area contributed by atoms with Crippen molar-refractivity contribution in [3.8, 4) is 0 Å². The Bertz CT molecular complexity index is 273. The third-order valence-electron chi connectivity index (χ3n) is 1.73. The van der Waals surface area contributed by atoms with Gasteiger partial charge in [0.1, 0.15) is 0 Å². The van der Waals surface area contributed by atoms with Crippen molar-refractivity contribution in [2.24, 2.45) is 0 Å². The number of allylic oxidation sites excluding steroid dienone is 6. The molecule has 0 aromatic rings. The summed E-state index contributed by atoms with van der Waals surface area (Å²) in [6.45, 7) is 5.63. The first kappa shape index (κ1) is 7.99. The molecule has 1 rings (SSSR count). The Balaban J connectivity index is 3.05. The molecule has 0 N–H and O–H groups in total. The van der Waals surface area contributed by atoms with Crippen LogP contribution in [0.5, 0.6) is 0 Å². The van der Waals surface area contributed by atoms with Gasteiger partial charge in [0.05, 0.1) is 0 Å².